The molecule has 1 heterocycles. The summed E-state index contributed by atoms with van der Waals surface area (Å²) in [6, 6.07) is 1.76. The highest BCUT2D eigenvalue weighted by Crippen LogP contribution is 2.23. The molecule has 0 fully saturated rings. The average Bonchev–Trinajstić information content (AvgIpc) is 2.44. The Hall–Kier alpha value is -1.44. The predicted octanol–water partition coefficient (Wildman–Crippen LogP) is 3.28. The molecule has 0 spiro atoms. The fourth-order valence-corrected chi connectivity index (χ4v) is 1.48. The number of nitrogens with one attached hydrogen (secondary N) is 1. The van der Waals surface area contributed by atoms with Crippen molar-refractivity contribution in [1.82, 2.24) is 9.97 Å². The minimum atomic E-state index is -4.16. The van der Waals surface area contributed by atoms with E-state index in [2.05, 4.69) is 20.0 Å². The Balaban J connectivity index is 2.65. The maximum absolute atomic E-state index is 12.7. The summed E-state index contributed by atoms with van der Waals surface area (Å²) in [5, 5.41) is 3.06. The largest absolute Gasteiger partial charge is 0.370 e. The number of aromatic nitrogens is 2. The summed E-state index contributed by atoms with van der Waals surface area (Å²) in [6.45, 7) is 2.90. The highest BCUT2D eigenvalue weighted by molar-refractivity contribution is 5.35. The molecule has 0 aliphatic heterocycles. The third-order valence-corrected chi connectivity index (χ3v) is 2.59. The predicted molar refractivity (Wildman–Crippen MR) is 70.8 cm³/mol. The van der Waals surface area contributed by atoms with E-state index in [1.165, 1.54) is 0 Å². The molecule has 0 atom stereocenters. The van der Waals surface area contributed by atoms with Gasteiger partial charge in [-0.2, -0.15) is 8.78 Å². The first kappa shape index (κ1) is 17.6. The van der Waals surface area contributed by atoms with Crippen molar-refractivity contribution in [1.29, 1.82) is 0 Å². The SMILES string of the molecule is CCCNc1cc(CC)nc(COCC(F)(F)C(F)F)n1. The molecule has 8 heteroatoms. The van der Waals surface area contributed by atoms with Crippen LogP contribution in [-0.2, 0) is 17.8 Å². The van der Waals surface area contributed by atoms with Gasteiger partial charge in [-0.1, -0.05) is 13.8 Å². The molecule has 0 radical (unpaired) electrons. The van der Waals surface area contributed by atoms with Crippen LogP contribution < -0.4 is 5.32 Å². The fraction of sp³-hybridized carbons (Fsp3) is 0.692. The van der Waals surface area contributed by atoms with Gasteiger partial charge in [-0.15, -0.1) is 0 Å². The van der Waals surface area contributed by atoms with Crippen molar-refractivity contribution in [3.05, 3.63) is 17.6 Å². The molecular weight excluding hydrogens is 290 g/mol. The van der Waals surface area contributed by atoms with Gasteiger partial charge in [-0.3, -0.25) is 0 Å². The van der Waals surface area contributed by atoms with E-state index in [1.54, 1.807) is 6.07 Å². The van der Waals surface area contributed by atoms with Gasteiger partial charge in [0.05, 0.1) is 0 Å². The Morgan fingerprint density at radius 3 is 2.57 bits per heavy atom. The lowest BCUT2D eigenvalue weighted by Gasteiger charge is -2.15. The van der Waals surface area contributed by atoms with Crippen LogP contribution in [0.15, 0.2) is 6.07 Å². The van der Waals surface area contributed by atoms with Crippen molar-refractivity contribution in [2.75, 3.05) is 18.5 Å². The zero-order valence-corrected chi connectivity index (χ0v) is 12.0. The molecule has 4 nitrogen and oxygen atoms in total. The lowest BCUT2D eigenvalue weighted by atomic mass is 10.3. The summed E-state index contributed by atoms with van der Waals surface area (Å²) in [7, 11) is 0. The Bertz CT molecular complexity index is 443. The van der Waals surface area contributed by atoms with Gasteiger partial charge in [0.15, 0.2) is 5.82 Å². The van der Waals surface area contributed by atoms with Gasteiger partial charge in [0.2, 0.25) is 0 Å². The van der Waals surface area contributed by atoms with E-state index in [9.17, 15) is 17.6 Å². The number of hydrogen-bond donors (Lipinski definition) is 1. The first-order valence-corrected chi connectivity index (χ1v) is 6.73. The number of hydrogen-bond acceptors (Lipinski definition) is 4. The number of nitrogens with zero attached hydrogens (tertiary/aromatic N) is 2. The van der Waals surface area contributed by atoms with Crippen molar-refractivity contribution in [2.45, 2.75) is 45.6 Å². The van der Waals surface area contributed by atoms with Crippen LogP contribution in [0.25, 0.3) is 0 Å². The number of ether oxygens (including phenoxy) is 1. The van der Waals surface area contributed by atoms with E-state index in [1.807, 2.05) is 13.8 Å². The van der Waals surface area contributed by atoms with Crippen LogP contribution in [0.2, 0.25) is 0 Å². The van der Waals surface area contributed by atoms with E-state index in [0.29, 0.717) is 18.8 Å². The number of rotatable bonds is 9. The molecular formula is C13H19F4N3O. The molecule has 0 amide bonds. The second-order valence-corrected chi connectivity index (χ2v) is 4.50. The molecule has 0 aromatic carbocycles. The van der Waals surface area contributed by atoms with Gasteiger partial charge >= 0.3 is 12.3 Å². The standard InChI is InChI=1S/C13H19F4N3O/c1-3-5-18-10-6-9(4-2)19-11(20-10)7-21-8-13(16,17)12(14)15/h6,12H,3-5,7-8H2,1-2H3,(H,18,19,20). The van der Waals surface area contributed by atoms with Crippen LogP contribution in [0.4, 0.5) is 23.4 Å². The number of anilines is 1. The van der Waals surface area contributed by atoms with E-state index in [-0.39, 0.29) is 12.4 Å². The Labute approximate surface area is 120 Å². The van der Waals surface area contributed by atoms with Crippen molar-refractivity contribution >= 4 is 5.82 Å². The van der Waals surface area contributed by atoms with E-state index < -0.39 is 19.0 Å². The zero-order valence-electron chi connectivity index (χ0n) is 12.0. The van der Waals surface area contributed by atoms with Gasteiger partial charge in [0.25, 0.3) is 0 Å². The fourth-order valence-electron chi connectivity index (χ4n) is 1.48. The molecule has 1 N–H and O–H groups in total. The number of halogens is 4. The Morgan fingerprint density at radius 2 is 2.00 bits per heavy atom. The highest BCUT2D eigenvalue weighted by Gasteiger charge is 2.41. The minimum absolute atomic E-state index is 0.193. The third-order valence-electron chi connectivity index (χ3n) is 2.59. The first-order chi connectivity index (χ1) is 9.89. The summed E-state index contributed by atoms with van der Waals surface area (Å²) < 4.78 is 54.0. The van der Waals surface area contributed by atoms with Crippen LogP contribution in [-0.4, -0.2) is 35.5 Å². The van der Waals surface area contributed by atoms with Crippen molar-refractivity contribution < 1.29 is 22.3 Å². The second-order valence-electron chi connectivity index (χ2n) is 4.50. The van der Waals surface area contributed by atoms with E-state index >= 15 is 0 Å². The molecule has 0 bridgehead atoms. The van der Waals surface area contributed by atoms with Crippen LogP contribution in [0.3, 0.4) is 0 Å². The van der Waals surface area contributed by atoms with Crippen LogP contribution >= 0.6 is 0 Å². The van der Waals surface area contributed by atoms with Crippen molar-refractivity contribution in [3.8, 4) is 0 Å². The molecule has 0 saturated heterocycles. The first-order valence-electron chi connectivity index (χ1n) is 6.73. The number of aryl methyl sites for hydroxylation is 1. The maximum Gasteiger partial charge on any atom is 0.330 e. The molecule has 1 aromatic rings. The van der Waals surface area contributed by atoms with Crippen LogP contribution in [0, 0.1) is 0 Å². The Morgan fingerprint density at radius 1 is 1.29 bits per heavy atom. The molecule has 0 saturated carbocycles. The molecule has 120 valence electrons. The van der Waals surface area contributed by atoms with Gasteiger partial charge < -0.3 is 10.1 Å². The average molecular weight is 309 g/mol. The van der Waals surface area contributed by atoms with Gasteiger partial charge in [0, 0.05) is 18.3 Å². The van der Waals surface area contributed by atoms with Gasteiger partial charge in [-0.05, 0) is 12.8 Å². The second kappa shape index (κ2) is 8.11. The third kappa shape index (κ3) is 5.82. The van der Waals surface area contributed by atoms with E-state index in [0.717, 1.165) is 12.1 Å². The summed E-state index contributed by atoms with van der Waals surface area (Å²) in [5.41, 5.74) is 0.725. The molecule has 21 heavy (non-hydrogen) atoms. The number of alkyl halides is 4. The summed E-state index contributed by atoms with van der Waals surface area (Å²) >= 11 is 0. The van der Waals surface area contributed by atoms with Crippen molar-refractivity contribution in [2.24, 2.45) is 0 Å². The molecule has 1 aromatic heterocycles. The molecule has 1 rings (SSSR count). The highest BCUT2D eigenvalue weighted by atomic mass is 19.3. The smallest absolute Gasteiger partial charge is 0.330 e. The monoisotopic (exact) mass is 309 g/mol. The molecule has 0 unspecified atom stereocenters. The topological polar surface area (TPSA) is 47.0 Å². The van der Waals surface area contributed by atoms with Crippen molar-refractivity contribution in [3.63, 3.8) is 0 Å². The maximum atomic E-state index is 12.7. The summed E-state index contributed by atoms with van der Waals surface area (Å²) in [5.74, 6) is -3.40. The zero-order chi connectivity index (χ0) is 15.9. The lowest BCUT2D eigenvalue weighted by molar-refractivity contribution is -0.168. The van der Waals surface area contributed by atoms with E-state index in [4.69, 9.17) is 0 Å². The summed E-state index contributed by atoms with van der Waals surface area (Å²) in [4.78, 5) is 8.22. The molecule has 0 aliphatic carbocycles. The normalized spacial score (nSPS) is 12.0. The van der Waals surface area contributed by atoms with Crippen LogP contribution in [0.5, 0.6) is 0 Å². The van der Waals surface area contributed by atoms with Gasteiger partial charge in [0.1, 0.15) is 19.0 Å². The quantitative estimate of drug-likeness (QED) is 0.711. The molecule has 0 aliphatic rings. The van der Waals surface area contributed by atoms with Gasteiger partial charge in [-0.25, -0.2) is 18.7 Å². The summed E-state index contributed by atoms with van der Waals surface area (Å²) in [6.07, 6.45) is -2.20. The minimum Gasteiger partial charge on any atom is -0.370 e. The Kier molecular flexibility index (Phi) is 6.80. The van der Waals surface area contributed by atoms with Crippen LogP contribution in [0.1, 0.15) is 31.8 Å². The lowest BCUT2D eigenvalue weighted by Crippen LogP contribution is -2.32.